The van der Waals surface area contributed by atoms with Crippen molar-refractivity contribution in [3.05, 3.63) is 182 Å². The molecule has 0 fully saturated rings. The molecule has 0 atom stereocenters. The first-order valence-corrected chi connectivity index (χ1v) is 21.0. The minimum atomic E-state index is -3.16. The summed E-state index contributed by atoms with van der Waals surface area (Å²) in [6.45, 7) is 2.24. The second kappa shape index (κ2) is 14.3. The molecule has 0 saturated heterocycles. The van der Waals surface area contributed by atoms with E-state index in [-0.39, 0.29) is 0 Å². The van der Waals surface area contributed by atoms with Crippen LogP contribution in [0.2, 0.25) is 0 Å². The molecule has 0 heterocycles. The maximum atomic E-state index is 15.8. The molecule has 0 aromatic heterocycles. The zero-order valence-corrected chi connectivity index (χ0v) is 28.8. The van der Waals surface area contributed by atoms with E-state index in [0.717, 1.165) is 27.4 Å². The highest BCUT2D eigenvalue weighted by atomic mass is 31.2. The Balaban J connectivity index is 1.55. The lowest BCUT2D eigenvalue weighted by Gasteiger charge is -2.39. The largest absolute Gasteiger partial charge is 0.314 e. The summed E-state index contributed by atoms with van der Waals surface area (Å²) >= 11 is 0. The summed E-state index contributed by atoms with van der Waals surface area (Å²) in [5.74, 6) is 0. The fourth-order valence-electron chi connectivity index (χ4n) is 6.49. The van der Waals surface area contributed by atoms with Gasteiger partial charge >= 0.3 is 0 Å². The standard InChI is InChI=1S/C41H39O2P3/c1-41(32-44(35-20-8-2-9-21-35)36-22-10-3-11-23-36,33-45(42,37-24-12-4-13-25-37)38-26-14-5-15-27-38)34-46(43,39-28-16-6-17-29-39)40-30-18-7-19-31-40/h2-31H,32-34H2,1H3. The molecule has 6 rings (SSSR count). The van der Waals surface area contributed by atoms with Gasteiger partial charge in [-0.05, 0) is 30.1 Å². The lowest BCUT2D eigenvalue weighted by atomic mass is 9.99. The van der Waals surface area contributed by atoms with Crippen LogP contribution in [-0.4, -0.2) is 18.5 Å². The molecule has 0 aliphatic rings. The zero-order valence-electron chi connectivity index (χ0n) is 26.1. The second-order valence-electron chi connectivity index (χ2n) is 12.2. The fraction of sp³-hybridized carbons (Fsp3) is 0.122. The van der Waals surface area contributed by atoms with Crippen LogP contribution < -0.4 is 31.8 Å². The van der Waals surface area contributed by atoms with Crippen molar-refractivity contribution in [3.63, 3.8) is 0 Å². The Morgan fingerprint density at radius 3 is 0.913 bits per heavy atom. The van der Waals surface area contributed by atoms with Gasteiger partial charge in [-0.1, -0.05) is 189 Å². The molecule has 0 spiro atoms. The fourth-order valence-corrected chi connectivity index (χ4v) is 16.3. The van der Waals surface area contributed by atoms with Crippen LogP contribution >= 0.6 is 22.2 Å². The third kappa shape index (κ3) is 7.12. The van der Waals surface area contributed by atoms with Crippen molar-refractivity contribution in [2.45, 2.75) is 6.92 Å². The molecule has 0 radical (unpaired) electrons. The van der Waals surface area contributed by atoms with E-state index in [2.05, 4.69) is 67.6 Å². The molecule has 0 saturated carbocycles. The Bertz CT molecular complexity index is 1690. The SMILES string of the molecule is CC(CP(c1ccccc1)c1ccccc1)(CP(=O)(c1ccccc1)c1ccccc1)CP(=O)(c1ccccc1)c1ccccc1. The van der Waals surface area contributed by atoms with Crippen LogP contribution in [0.1, 0.15) is 6.92 Å². The number of benzene rings is 6. The highest BCUT2D eigenvalue weighted by Gasteiger charge is 2.44. The van der Waals surface area contributed by atoms with Crippen LogP contribution in [-0.2, 0) is 9.13 Å². The quantitative estimate of drug-likeness (QED) is 0.125. The molecular weight excluding hydrogens is 617 g/mol. The molecule has 0 bridgehead atoms. The number of rotatable bonds is 12. The van der Waals surface area contributed by atoms with Crippen LogP contribution in [0.4, 0.5) is 0 Å². The maximum Gasteiger partial charge on any atom is 0.143 e. The molecule has 2 nitrogen and oxygen atoms in total. The van der Waals surface area contributed by atoms with Crippen LogP contribution in [0.15, 0.2) is 182 Å². The summed E-state index contributed by atoms with van der Waals surface area (Å²) in [6.07, 6.45) is 1.54. The van der Waals surface area contributed by atoms with Crippen molar-refractivity contribution < 1.29 is 9.13 Å². The van der Waals surface area contributed by atoms with E-state index in [1.54, 1.807) is 0 Å². The number of hydrogen-bond acceptors (Lipinski definition) is 2. The normalized spacial score (nSPS) is 12.2. The second-order valence-corrected chi connectivity index (χ2v) is 20.1. The Morgan fingerprint density at radius 2 is 0.652 bits per heavy atom. The topological polar surface area (TPSA) is 34.1 Å². The average Bonchev–Trinajstić information content (AvgIpc) is 3.13. The minimum Gasteiger partial charge on any atom is -0.314 e. The first-order chi connectivity index (χ1) is 22.4. The van der Waals surface area contributed by atoms with Crippen molar-refractivity contribution in [2.24, 2.45) is 5.41 Å². The molecule has 6 aromatic rings. The Kier molecular flexibility index (Phi) is 10.0. The van der Waals surface area contributed by atoms with Gasteiger partial charge in [0.15, 0.2) is 0 Å². The van der Waals surface area contributed by atoms with Crippen molar-refractivity contribution in [1.29, 1.82) is 0 Å². The zero-order chi connectivity index (χ0) is 31.9. The highest BCUT2D eigenvalue weighted by Crippen LogP contribution is 2.58. The Morgan fingerprint density at radius 1 is 0.413 bits per heavy atom. The third-order valence-corrected chi connectivity index (χ3v) is 18.4. The van der Waals surface area contributed by atoms with Crippen LogP contribution in [0.25, 0.3) is 0 Å². The van der Waals surface area contributed by atoms with Crippen LogP contribution in [0.3, 0.4) is 0 Å². The molecular formula is C41H39O2P3. The lowest BCUT2D eigenvalue weighted by Crippen LogP contribution is -2.38. The van der Waals surface area contributed by atoms with Gasteiger partial charge in [0.2, 0.25) is 0 Å². The summed E-state index contributed by atoms with van der Waals surface area (Å²) in [5, 5.41) is 5.88. The van der Waals surface area contributed by atoms with Crippen molar-refractivity contribution >= 4 is 54.0 Å². The summed E-state index contributed by atoms with van der Waals surface area (Å²) in [7, 11) is -7.19. The lowest BCUT2D eigenvalue weighted by molar-refractivity contribution is 0.470. The summed E-state index contributed by atoms with van der Waals surface area (Å²) in [4.78, 5) is 0. The first-order valence-electron chi connectivity index (χ1n) is 15.7. The van der Waals surface area contributed by atoms with Crippen molar-refractivity contribution in [3.8, 4) is 0 Å². The van der Waals surface area contributed by atoms with E-state index in [0.29, 0.717) is 12.3 Å². The monoisotopic (exact) mass is 656 g/mol. The van der Waals surface area contributed by atoms with E-state index in [4.69, 9.17) is 0 Å². The summed E-state index contributed by atoms with van der Waals surface area (Å²) in [5.41, 5.74) is -0.584. The van der Waals surface area contributed by atoms with Gasteiger partial charge in [0.05, 0.1) is 0 Å². The van der Waals surface area contributed by atoms with Gasteiger partial charge in [0.25, 0.3) is 0 Å². The summed E-state index contributed by atoms with van der Waals surface area (Å²) in [6, 6.07) is 61.0. The molecule has 0 unspecified atom stereocenters. The average molecular weight is 657 g/mol. The molecule has 0 N–H and O–H groups in total. The highest BCUT2D eigenvalue weighted by molar-refractivity contribution is 7.80. The molecule has 0 amide bonds. The third-order valence-electron chi connectivity index (χ3n) is 8.58. The predicted octanol–water partition coefficient (Wildman–Crippen LogP) is 8.15. The molecule has 230 valence electrons. The molecule has 5 heteroatoms. The van der Waals surface area contributed by atoms with Gasteiger partial charge in [0.1, 0.15) is 14.3 Å². The molecule has 6 aromatic carbocycles. The summed E-state index contributed by atoms with van der Waals surface area (Å²) < 4.78 is 31.5. The molecule has 0 aliphatic heterocycles. The Labute approximate surface area is 275 Å². The van der Waals surface area contributed by atoms with Gasteiger partial charge in [-0.2, -0.15) is 0 Å². The van der Waals surface area contributed by atoms with Gasteiger partial charge in [-0.3, -0.25) is 0 Å². The maximum absolute atomic E-state index is 15.8. The smallest absolute Gasteiger partial charge is 0.143 e. The van der Waals surface area contributed by atoms with Gasteiger partial charge < -0.3 is 9.13 Å². The van der Waals surface area contributed by atoms with E-state index >= 15 is 9.13 Å². The van der Waals surface area contributed by atoms with Crippen LogP contribution in [0.5, 0.6) is 0 Å². The van der Waals surface area contributed by atoms with Crippen molar-refractivity contribution in [1.82, 2.24) is 0 Å². The van der Waals surface area contributed by atoms with Gasteiger partial charge in [0, 0.05) is 33.5 Å². The number of hydrogen-bond donors (Lipinski definition) is 0. The van der Waals surface area contributed by atoms with E-state index in [9.17, 15) is 0 Å². The van der Waals surface area contributed by atoms with Crippen LogP contribution in [0, 0.1) is 5.41 Å². The molecule has 46 heavy (non-hydrogen) atoms. The van der Waals surface area contributed by atoms with Crippen molar-refractivity contribution in [2.75, 3.05) is 18.5 Å². The van der Waals surface area contributed by atoms with E-state index in [1.807, 2.05) is 121 Å². The Hall–Kier alpha value is -3.79. The van der Waals surface area contributed by atoms with E-state index < -0.39 is 27.6 Å². The van der Waals surface area contributed by atoms with E-state index in [1.165, 1.54) is 10.6 Å². The van der Waals surface area contributed by atoms with Gasteiger partial charge in [-0.25, -0.2) is 0 Å². The first kappa shape index (κ1) is 32.2. The molecule has 0 aliphatic carbocycles. The minimum absolute atomic E-state index is 0.399. The van der Waals surface area contributed by atoms with Gasteiger partial charge in [-0.15, -0.1) is 0 Å². The predicted molar refractivity (Wildman–Crippen MR) is 201 cm³/mol.